The van der Waals surface area contributed by atoms with E-state index in [9.17, 15) is 4.79 Å². The Morgan fingerprint density at radius 3 is 2.55 bits per heavy atom. The number of carbonyl (C=O) groups excluding carboxylic acids is 1. The van der Waals surface area contributed by atoms with Gasteiger partial charge in [-0.15, -0.1) is 0 Å². The molecule has 3 nitrogen and oxygen atoms in total. The second-order valence-electron chi connectivity index (χ2n) is 5.16. The van der Waals surface area contributed by atoms with E-state index in [1.165, 1.54) is 0 Å². The van der Waals surface area contributed by atoms with Crippen molar-refractivity contribution < 1.29 is 4.79 Å². The zero-order valence-corrected chi connectivity index (χ0v) is 11.6. The summed E-state index contributed by atoms with van der Waals surface area (Å²) < 4.78 is 1.90. The summed E-state index contributed by atoms with van der Waals surface area (Å²) in [6.07, 6.45) is 1.73. The van der Waals surface area contributed by atoms with Crippen LogP contribution in [0.25, 0.3) is 11.0 Å². The maximum Gasteiger partial charge on any atom is 0.182 e. The number of fused-ring (bicyclic) bond motifs is 1. The van der Waals surface area contributed by atoms with Crippen LogP contribution in [0.1, 0.15) is 21.5 Å². The summed E-state index contributed by atoms with van der Waals surface area (Å²) in [5.41, 5.74) is 4.90. The van der Waals surface area contributed by atoms with Crippen molar-refractivity contribution in [1.29, 1.82) is 0 Å². The summed E-state index contributed by atoms with van der Waals surface area (Å²) in [7, 11) is 0. The van der Waals surface area contributed by atoms with Gasteiger partial charge in [-0.2, -0.15) is 0 Å². The molecule has 3 aromatic rings. The van der Waals surface area contributed by atoms with E-state index in [2.05, 4.69) is 11.1 Å². The lowest BCUT2D eigenvalue weighted by atomic mass is 10.0. The molecular formula is C17H16N2O. The number of para-hydroxylation sites is 2. The smallest absolute Gasteiger partial charge is 0.182 e. The standard InChI is InChI=1S/C17H16N2O/c1-12-7-13(2)9-14(8-12)17(20)10-19-11-18-15-5-3-4-6-16(15)19/h3-9,11H,10H2,1-2H3. The summed E-state index contributed by atoms with van der Waals surface area (Å²) in [6.45, 7) is 4.34. The van der Waals surface area contributed by atoms with Crippen molar-refractivity contribution in [2.24, 2.45) is 0 Å². The molecule has 0 aliphatic rings. The molecule has 3 rings (SSSR count). The molecule has 1 heterocycles. The van der Waals surface area contributed by atoms with Crippen LogP contribution < -0.4 is 0 Å². The van der Waals surface area contributed by atoms with Crippen molar-refractivity contribution in [1.82, 2.24) is 9.55 Å². The van der Waals surface area contributed by atoms with E-state index in [4.69, 9.17) is 0 Å². The lowest BCUT2D eigenvalue weighted by Gasteiger charge is -2.06. The highest BCUT2D eigenvalue weighted by Gasteiger charge is 2.10. The monoisotopic (exact) mass is 264 g/mol. The number of Topliss-reactive ketones (excluding diaryl/α,β-unsaturated/α-hetero) is 1. The second kappa shape index (κ2) is 4.93. The molecule has 100 valence electrons. The number of aromatic nitrogens is 2. The van der Waals surface area contributed by atoms with Crippen LogP contribution in [0.3, 0.4) is 0 Å². The van der Waals surface area contributed by atoms with Crippen LogP contribution in [0, 0.1) is 13.8 Å². The third-order valence-electron chi connectivity index (χ3n) is 3.38. The van der Waals surface area contributed by atoms with E-state index in [0.717, 1.165) is 27.7 Å². The van der Waals surface area contributed by atoms with Gasteiger partial charge in [-0.25, -0.2) is 4.98 Å². The molecule has 0 spiro atoms. The van der Waals surface area contributed by atoms with Gasteiger partial charge < -0.3 is 4.57 Å². The number of imidazole rings is 1. The lowest BCUT2D eigenvalue weighted by Crippen LogP contribution is -2.10. The molecule has 2 aromatic carbocycles. The highest BCUT2D eigenvalue weighted by atomic mass is 16.1. The van der Waals surface area contributed by atoms with Crippen molar-refractivity contribution in [3.63, 3.8) is 0 Å². The van der Waals surface area contributed by atoms with Gasteiger partial charge in [-0.1, -0.05) is 29.3 Å². The molecule has 0 saturated carbocycles. The fraction of sp³-hybridized carbons (Fsp3) is 0.176. The van der Waals surface area contributed by atoms with E-state index < -0.39 is 0 Å². The first-order chi connectivity index (χ1) is 9.63. The van der Waals surface area contributed by atoms with E-state index in [1.807, 2.05) is 54.8 Å². The quantitative estimate of drug-likeness (QED) is 0.678. The fourth-order valence-electron chi connectivity index (χ4n) is 2.52. The van der Waals surface area contributed by atoms with Gasteiger partial charge >= 0.3 is 0 Å². The van der Waals surface area contributed by atoms with Crippen LogP contribution in [0.5, 0.6) is 0 Å². The number of benzene rings is 2. The molecule has 0 bridgehead atoms. The highest BCUT2D eigenvalue weighted by molar-refractivity contribution is 5.97. The molecule has 0 saturated heterocycles. The molecule has 0 N–H and O–H groups in total. The zero-order chi connectivity index (χ0) is 14.1. The van der Waals surface area contributed by atoms with E-state index >= 15 is 0 Å². The summed E-state index contributed by atoms with van der Waals surface area (Å²) in [5.74, 6) is 0.111. The van der Waals surface area contributed by atoms with Crippen LogP contribution in [0.15, 0.2) is 48.8 Å². The zero-order valence-electron chi connectivity index (χ0n) is 11.6. The Bertz CT molecular complexity index is 766. The van der Waals surface area contributed by atoms with Gasteiger partial charge in [0.25, 0.3) is 0 Å². The van der Waals surface area contributed by atoms with Crippen molar-refractivity contribution in [2.75, 3.05) is 0 Å². The average Bonchev–Trinajstić information content (AvgIpc) is 2.81. The Morgan fingerprint density at radius 2 is 1.80 bits per heavy atom. The molecule has 0 amide bonds. The van der Waals surface area contributed by atoms with E-state index in [-0.39, 0.29) is 5.78 Å². The third kappa shape index (κ3) is 2.35. The minimum Gasteiger partial charge on any atom is -0.323 e. The number of hydrogen-bond donors (Lipinski definition) is 0. The van der Waals surface area contributed by atoms with E-state index in [0.29, 0.717) is 6.54 Å². The Hall–Kier alpha value is -2.42. The SMILES string of the molecule is Cc1cc(C)cc(C(=O)Cn2cnc3ccccc32)c1. The van der Waals surface area contributed by atoms with Gasteiger partial charge in [0, 0.05) is 5.56 Å². The molecule has 0 radical (unpaired) electrons. The predicted octanol–water partition coefficient (Wildman–Crippen LogP) is 3.54. The van der Waals surface area contributed by atoms with Crippen LogP contribution in [0.4, 0.5) is 0 Å². The third-order valence-corrected chi connectivity index (χ3v) is 3.38. The van der Waals surface area contributed by atoms with Gasteiger partial charge in [0.1, 0.15) is 0 Å². The molecule has 3 heteroatoms. The first-order valence-electron chi connectivity index (χ1n) is 6.65. The highest BCUT2D eigenvalue weighted by Crippen LogP contribution is 2.14. The van der Waals surface area contributed by atoms with Crippen molar-refractivity contribution >= 4 is 16.8 Å². The maximum absolute atomic E-state index is 12.4. The topological polar surface area (TPSA) is 34.9 Å². The Labute approximate surface area is 117 Å². The van der Waals surface area contributed by atoms with Gasteiger partial charge in [-0.05, 0) is 38.1 Å². The fourth-order valence-corrected chi connectivity index (χ4v) is 2.52. The van der Waals surface area contributed by atoms with Crippen LogP contribution in [-0.2, 0) is 6.54 Å². The number of rotatable bonds is 3. The molecule has 0 aliphatic heterocycles. The summed E-state index contributed by atoms with van der Waals surface area (Å²) in [6, 6.07) is 13.8. The van der Waals surface area contributed by atoms with Gasteiger partial charge in [-0.3, -0.25) is 4.79 Å². The van der Waals surface area contributed by atoms with E-state index in [1.54, 1.807) is 6.33 Å². The number of hydrogen-bond acceptors (Lipinski definition) is 2. The Morgan fingerprint density at radius 1 is 1.10 bits per heavy atom. The molecule has 0 atom stereocenters. The van der Waals surface area contributed by atoms with Crippen molar-refractivity contribution in [2.45, 2.75) is 20.4 Å². The maximum atomic E-state index is 12.4. The molecular weight excluding hydrogens is 248 g/mol. The van der Waals surface area contributed by atoms with Crippen molar-refractivity contribution in [3.8, 4) is 0 Å². The molecule has 20 heavy (non-hydrogen) atoms. The van der Waals surface area contributed by atoms with Gasteiger partial charge in [0.15, 0.2) is 5.78 Å². The predicted molar refractivity (Wildman–Crippen MR) is 80.0 cm³/mol. The number of ketones is 1. The molecule has 0 unspecified atom stereocenters. The number of carbonyl (C=O) groups is 1. The molecule has 1 aromatic heterocycles. The van der Waals surface area contributed by atoms with Gasteiger partial charge in [0.05, 0.1) is 23.9 Å². The minimum absolute atomic E-state index is 0.111. The second-order valence-corrected chi connectivity index (χ2v) is 5.16. The minimum atomic E-state index is 0.111. The van der Waals surface area contributed by atoms with Crippen LogP contribution in [0.2, 0.25) is 0 Å². The average molecular weight is 264 g/mol. The molecule has 0 fully saturated rings. The summed E-state index contributed by atoms with van der Waals surface area (Å²) >= 11 is 0. The largest absolute Gasteiger partial charge is 0.323 e. The van der Waals surface area contributed by atoms with Crippen LogP contribution in [-0.4, -0.2) is 15.3 Å². The first-order valence-corrected chi connectivity index (χ1v) is 6.65. The molecule has 0 aliphatic carbocycles. The lowest BCUT2D eigenvalue weighted by molar-refractivity contribution is 0.0973. The normalized spacial score (nSPS) is 10.9. The number of nitrogens with zero attached hydrogens (tertiary/aromatic N) is 2. The number of aryl methyl sites for hydroxylation is 2. The van der Waals surface area contributed by atoms with Crippen molar-refractivity contribution in [3.05, 3.63) is 65.5 Å². The first kappa shape index (κ1) is 12.6. The van der Waals surface area contributed by atoms with Crippen LogP contribution >= 0.6 is 0 Å². The Balaban J connectivity index is 1.92. The summed E-state index contributed by atoms with van der Waals surface area (Å²) in [4.78, 5) is 16.7. The van der Waals surface area contributed by atoms with Gasteiger partial charge in [0.2, 0.25) is 0 Å². The summed E-state index contributed by atoms with van der Waals surface area (Å²) in [5, 5.41) is 0. The Kier molecular flexibility index (Phi) is 3.11.